The molecule has 1 saturated carbocycles. The van der Waals surface area contributed by atoms with Gasteiger partial charge in [-0.25, -0.2) is 4.98 Å². The maximum Gasteiger partial charge on any atom is 0.415 e. The van der Waals surface area contributed by atoms with Crippen molar-refractivity contribution in [1.82, 2.24) is 9.88 Å². The molecule has 0 spiro atoms. The van der Waals surface area contributed by atoms with Gasteiger partial charge in [0.15, 0.2) is 11.2 Å². The number of amides is 1. The molecule has 1 aromatic heterocycles. The highest BCUT2D eigenvalue weighted by atomic mass is 32.1. The Morgan fingerprint density at radius 3 is 2.68 bits per heavy atom. The van der Waals surface area contributed by atoms with Crippen molar-refractivity contribution in [3.05, 3.63) is 11.1 Å². The van der Waals surface area contributed by atoms with Crippen LogP contribution in [0.1, 0.15) is 25.5 Å². The molecule has 0 radical (unpaired) electrons. The van der Waals surface area contributed by atoms with Crippen molar-refractivity contribution in [2.45, 2.75) is 44.6 Å². The zero-order valence-corrected chi connectivity index (χ0v) is 13.1. The summed E-state index contributed by atoms with van der Waals surface area (Å²) in [4.78, 5) is 18.9. The molecule has 5 nitrogen and oxygen atoms in total. The lowest BCUT2D eigenvalue weighted by Gasteiger charge is -2.21. The van der Waals surface area contributed by atoms with E-state index in [4.69, 9.17) is 5.11 Å². The first kappa shape index (κ1) is 17.2. The molecule has 1 heterocycles. The molecule has 1 amide bonds. The number of alkyl halides is 3. The highest BCUT2D eigenvalue weighted by Gasteiger charge is 2.38. The predicted octanol–water partition coefficient (Wildman–Crippen LogP) is 2.01. The summed E-state index contributed by atoms with van der Waals surface area (Å²) in [5.41, 5.74) is 0.587. The topological polar surface area (TPSA) is 56.7 Å². The summed E-state index contributed by atoms with van der Waals surface area (Å²) < 4.78 is 36.9. The third-order valence-electron chi connectivity index (χ3n) is 3.29. The maximum atomic E-state index is 12.3. The minimum atomic E-state index is -4.63. The van der Waals surface area contributed by atoms with Crippen molar-refractivity contribution < 1.29 is 23.1 Å². The number of nitrogens with zero attached hydrogens (tertiary/aromatic N) is 3. The predicted molar refractivity (Wildman–Crippen MR) is 76.7 cm³/mol. The number of carbonyl (C=O) groups excluding carboxylic acids is 1. The van der Waals surface area contributed by atoms with Gasteiger partial charge >= 0.3 is 6.18 Å². The highest BCUT2D eigenvalue weighted by Crippen LogP contribution is 2.33. The lowest BCUT2D eigenvalue weighted by atomic mass is 10.3. The van der Waals surface area contributed by atoms with E-state index >= 15 is 0 Å². The van der Waals surface area contributed by atoms with Crippen LogP contribution in [0.4, 0.5) is 18.3 Å². The largest absolute Gasteiger partial charge is 0.415 e. The Morgan fingerprint density at radius 1 is 1.55 bits per heavy atom. The second-order valence-electron chi connectivity index (χ2n) is 5.50. The van der Waals surface area contributed by atoms with Gasteiger partial charge in [-0.15, -0.1) is 11.3 Å². The number of aliphatic hydroxyl groups excluding tert-OH is 1. The second kappa shape index (κ2) is 6.51. The van der Waals surface area contributed by atoms with Gasteiger partial charge in [-0.3, -0.25) is 14.6 Å². The zero-order chi connectivity index (χ0) is 16.5. The molecule has 0 aliphatic heterocycles. The Hall–Kier alpha value is -1.19. The normalized spacial score (nSPS) is 16.9. The number of anilines is 1. The van der Waals surface area contributed by atoms with Gasteiger partial charge in [0.05, 0.1) is 5.69 Å². The summed E-state index contributed by atoms with van der Waals surface area (Å²) in [6, 6.07) is 0.196. The number of carbonyl (C=O) groups is 1. The second-order valence-corrected chi connectivity index (χ2v) is 6.33. The molecule has 1 aliphatic rings. The number of aromatic nitrogens is 1. The Labute approximate surface area is 130 Å². The third-order valence-corrected chi connectivity index (χ3v) is 4.18. The SMILES string of the molecule is CC(=O)N(c1nc(CN(C)CC(O)C(F)(F)F)cs1)C1CC1. The van der Waals surface area contributed by atoms with Crippen LogP contribution in [0.25, 0.3) is 0 Å². The Balaban J connectivity index is 1.95. The van der Waals surface area contributed by atoms with Crippen molar-refractivity contribution in [2.24, 2.45) is 0 Å². The summed E-state index contributed by atoms with van der Waals surface area (Å²) in [6.07, 6.45) is -5.10. The van der Waals surface area contributed by atoms with E-state index in [0.717, 1.165) is 12.8 Å². The number of likely N-dealkylation sites (N-methyl/N-ethyl adjacent to an activating group) is 1. The maximum absolute atomic E-state index is 12.3. The van der Waals surface area contributed by atoms with Crippen LogP contribution in [0, 0.1) is 0 Å². The van der Waals surface area contributed by atoms with Gasteiger partial charge in [-0.05, 0) is 19.9 Å². The molecule has 1 fully saturated rings. The van der Waals surface area contributed by atoms with Crippen molar-refractivity contribution >= 4 is 22.4 Å². The molecule has 1 atom stereocenters. The van der Waals surface area contributed by atoms with E-state index in [-0.39, 0.29) is 18.5 Å². The van der Waals surface area contributed by atoms with Crippen LogP contribution in [0.2, 0.25) is 0 Å². The molecule has 1 unspecified atom stereocenters. The number of aliphatic hydroxyl groups is 1. The number of thiazole rings is 1. The first-order valence-electron chi connectivity index (χ1n) is 6.86. The van der Waals surface area contributed by atoms with E-state index in [1.165, 1.54) is 30.2 Å². The van der Waals surface area contributed by atoms with Crippen molar-refractivity contribution in [1.29, 1.82) is 0 Å². The van der Waals surface area contributed by atoms with E-state index in [1.807, 2.05) is 0 Å². The summed E-state index contributed by atoms with van der Waals surface area (Å²) >= 11 is 1.30. The van der Waals surface area contributed by atoms with Crippen molar-refractivity contribution in [3.63, 3.8) is 0 Å². The number of halogens is 3. The van der Waals surface area contributed by atoms with E-state index in [2.05, 4.69) is 4.98 Å². The van der Waals surface area contributed by atoms with Gasteiger partial charge in [0, 0.05) is 31.4 Å². The lowest BCUT2D eigenvalue weighted by Crippen LogP contribution is -2.39. The first-order chi connectivity index (χ1) is 10.2. The highest BCUT2D eigenvalue weighted by molar-refractivity contribution is 7.14. The van der Waals surface area contributed by atoms with Gasteiger partial charge in [-0.2, -0.15) is 13.2 Å². The van der Waals surface area contributed by atoms with Crippen LogP contribution in [0.15, 0.2) is 5.38 Å². The van der Waals surface area contributed by atoms with Crippen LogP contribution < -0.4 is 4.90 Å². The molecular formula is C13H18F3N3O2S. The first-order valence-corrected chi connectivity index (χ1v) is 7.74. The van der Waals surface area contributed by atoms with Gasteiger partial charge in [-0.1, -0.05) is 0 Å². The molecule has 124 valence electrons. The number of hydrogen-bond donors (Lipinski definition) is 1. The Kier molecular flexibility index (Phi) is 5.08. The average molecular weight is 337 g/mol. The molecule has 1 aromatic rings. The van der Waals surface area contributed by atoms with Crippen LogP contribution in [-0.4, -0.2) is 52.8 Å². The fourth-order valence-corrected chi connectivity index (χ4v) is 3.03. The molecule has 2 rings (SSSR count). The summed E-state index contributed by atoms with van der Waals surface area (Å²) in [7, 11) is 1.48. The zero-order valence-electron chi connectivity index (χ0n) is 12.3. The molecule has 22 heavy (non-hydrogen) atoms. The minimum absolute atomic E-state index is 0.0794. The Bertz CT molecular complexity index is 531. The monoisotopic (exact) mass is 337 g/mol. The standard InChI is InChI=1S/C13H18F3N3O2S/c1-8(20)19(10-3-4-10)12-17-9(7-22-12)5-18(2)6-11(21)13(14,15)16/h7,10-11,21H,3-6H2,1-2H3. The molecule has 0 bridgehead atoms. The Morgan fingerprint density at radius 2 is 2.18 bits per heavy atom. The van der Waals surface area contributed by atoms with Crippen LogP contribution in [0.5, 0.6) is 0 Å². The summed E-state index contributed by atoms with van der Waals surface area (Å²) in [5, 5.41) is 11.3. The quantitative estimate of drug-likeness (QED) is 0.863. The van der Waals surface area contributed by atoms with E-state index in [0.29, 0.717) is 10.8 Å². The molecule has 1 aliphatic carbocycles. The van der Waals surface area contributed by atoms with Crippen LogP contribution in [0.3, 0.4) is 0 Å². The lowest BCUT2D eigenvalue weighted by molar-refractivity contribution is -0.207. The van der Waals surface area contributed by atoms with Crippen molar-refractivity contribution in [3.8, 4) is 0 Å². The third kappa shape index (κ3) is 4.40. The van der Waals surface area contributed by atoms with Gasteiger partial charge in [0.25, 0.3) is 0 Å². The fraction of sp³-hybridized carbons (Fsp3) is 0.692. The van der Waals surface area contributed by atoms with E-state index in [9.17, 15) is 18.0 Å². The number of rotatable bonds is 6. The van der Waals surface area contributed by atoms with Gasteiger partial charge in [0.2, 0.25) is 5.91 Å². The molecule has 0 saturated heterocycles. The fourth-order valence-electron chi connectivity index (χ4n) is 2.10. The molecule has 9 heteroatoms. The minimum Gasteiger partial charge on any atom is -0.382 e. The van der Waals surface area contributed by atoms with E-state index < -0.39 is 18.8 Å². The molecule has 1 N–H and O–H groups in total. The van der Waals surface area contributed by atoms with Gasteiger partial charge < -0.3 is 5.11 Å². The van der Waals surface area contributed by atoms with Crippen LogP contribution in [-0.2, 0) is 11.3 Å². The average Bonchev–Trinajstić information content (AvgIpc) is 3.08. The summed E-state index contributed by atoms with van der Waals surface area (Å²) in [6.45, 7) is 1.14. The van der Waals surface area contributed by atoms with Gasteiger partial charge in [0.1, 0.15) is 0 Å². The number of hydrogen-bond acceptors (Lipinski definition) is 5. The molecule has 0 aromatic carbocycles. The van der Waals surface area contributed by atoms with Crippen molar-refractivity contribution in [2.75, 3.05) is 18.5 Å². The summed E-state index contributed by atoms with van der Waals surface area (Å²) in [5.74, 6) is -0.0794. The van der Waals surface area contributed by atoms with E-state index in [1.54, 1.807) is 10.3 Å². The van der Waals surface area contributed by atoms with Crippen LogP contribution >= 0.6 is 11.3 Å². The smallest absolute Gasteiger partial charge is 0.382 e. The molecular weight excluding hydrogens is 319 g/mol.